The van der Waals surface area contributed by atoms with E-state index < -0.39 is 28.9 Å². The molecule has 9 heteroatoms. The lowest BCUT2D eigenvalue weighted by Crippen LogP contribution is -2.23. The maximum atomic E-state index is 12.1. The first-order valence-electron chi connectivity index (χ1n) is 7.11. The molecule has 3 rings (SSSR count). The van der Waals surface area contributed by atoms with Crippen molar-refractivity contribution in [2.45, 2.75) is 6.54 Å². The zero-order valence-corrected chi connectivity index (χ0v) is 13.0. The molecule has 0 bridgehead atoms. The quantitative estimate of drug-likeness (QED) is 0.301. The summed E-state index contributed by atoms with van der Waals surface area (Å²) >= 11 is 0. The van der Waals surface area contributed by atoms with E-state index in [-0.39, 0.29) is 11.5 Å². The molecular weight excluding hydrogens is 332 g/mol. The molecule has 0 atom stereocenters. The molecule has 0 aliphatic carbocycles. The van der Waals surface area contributed by atoms with Gasteiger partial charge in [0.2, 0.25) is 5.75 Å². The van der Waals surface area contributed by atoms with Crippen LogP contribution in [0.5, 0.6) is 11.5 Å². The van der Waals surface area contributed by atoms with Crippen molar-refractivity contribution >= 4 is 22.8 Å². The minimum absolute atomic E-state index is 0.239. The number of nitrogens with zero attached hydrogens (tertiary/aromatic N) is 2. The van der Waals surface area contributed by atoms with Crippen LogP contribution < -0.4 is 15.2 Å². The summed E-state index contributed by atoms with van der Waals surface area (Å²) in [6, 6.07) is 10.4. The molecule has 3 aromatic rings. The van der Waals surface area contributed by atoms with Crippen LogP contribution in [0.2, 0.25) is 0 Å². The van der Waals surface area contributed by atoms with Gasteiger partial charge in [-0.05, 0) is 24.3 Å². The van der Waals surface area contributed by atoms with Crippen molar-refractivity contribution in [1.29, 1.82) is 0 Å². The Morgan fingerprint density at radius 2 is 2.04 bits per heavy atom. The molecule has 0 amide bonds. The summed E-state index contributed by atoms with van der Waals surface area (Å²) in [4.78, 5) is 34.4. The van der Waals surface area contributed by atoms with Crippen LogP contribution in [0.1, 0.15) is 0 Å². The van der Waals surface area contributed by atoms with Crippen LogP contribution in [-0.4, -0.2) is 22.6 Å². The lowest BCUT2D eigenvalue weighted by Gasteiger charge is -2.07. The number of aromatic nitrogens is 1. The predicted molar refractivity (Wildman–Crippen MR) is 85.8 cm³/mol. The Morgan fingerprint density at radius 3 is 2.76 bits per heavy atom. The first-order chi connectivity index (χ1) is 12.0. The Balaban J connectivity index is 1.87. The summed E-state index contributed by atoms with van der Waals surface area (Å²) in [6.45, 7) is -0.445. The zero-order chi connectivity index (χ0) is 18.0. The van der Waals surface area contributed by atoms with Crippen molar-refractivity contribution in [2.75, 3.05) is 7.11 Å². The van der Waals surface area contributed by atoms with Gasteiger partial charge in [0.05, 0.1) is 23.6 Å². The third-order valence-electron chi connectivity index (χ3n) is 3.45. The highest BCUT2D eigenvalue weighted by Gasteiger charge is 2.21. The highest BCUT2D eigenvalue weighted by molar-refractivity contribution is 5.78. The number of ether oxygens (including phenoxy) is 2. The van der Waals surface area contributed by atoms with Gasteiger partial charge in [-0.2, -0.15) is 0 Å². The van der Waals surface area contributed by atoms with Crippen molar-refractivity contribution in [1.82, 2.24) is 4.57 Å². The number of oxazole rings is 1. The van der Waals surface area contributed by atoms with Crippen LogP contribution in [0.15, 0.2) is 51.7 Å². The van der Waals surface area contributed by atoms with E-state index in [0.29, 0.717) is 11.1 Å². The maximum Gasteiger partial charge on any atom is 0.420 e. The Kier molecular flexibility index (Phi) is 4.21. The molecule has 25 heavy (non-hydrogen) atoms. The van der Waals surface area contributed by atoms with Crippen molar-refractivity contribution in [3.05, 3.63) is 63.1 Å². The molecule has 0 fully saturated rings. The van der Waals surface area contributed by atoms with E-state index in [1.165, 1.54) is 19.2 Å². The molecular formula is C16H12N2O7. The van der Waals surface area contributed by atoms with Crippen LogP contribution in [-0.2, 0) is 11.3 Å². The number of fused-ring (bicyclic) bond motifs is 1. The van der Waals surface area contributed by atoms with Crippen LogP contribution >= 0.6 is 0 Å². The first-order valence-corrected chi connectivity index (χ1v) is 7.11. The van der Waals surface area contributed by atoms with Crippen LogP contribution in [0, 0.1) is 10.1 Å². The van der Waals surface area contributed by atoms with Gasteiger partial charge in [-0.15, -0.1) is 0 Å². The highest BCUT2D eigenvalue weighted by Crippen LogP contribution is 2.31. The van der Waals surface area contributed by atoms with Crippen LogP contribution in [0.4, 0.5) is 5.69 Å². The average molecular weight is 344 g/mol. The standard InChI is InChI=1S/C16H12N2O7/c1-23-10-6-7-14(12(8-10)18(21)22)24-15(19)9-17-11-4-2-3-5-13(11)25-16(17)20/h2-8H,9H2,1H3. The lowest BCUT2D eigenvalue weighted by molar-refractivity contribution is -0.385. The third kappa shape index (κ3) is 3.20. The highest BCUT2D eigenvalue weighted by atomic mass is 16.6. The third-order valence-corrected chi connectivity index (χ3v) is 3.45. The predicted octanol–water partition coefficient (Wildman–Crippen LogP) is 2.12. The molecule has 0 saturated heterocycles. The number of benzene rings is 2. The number of nitro groups is 1. The van der Waals surface area contributed by atoms with E-state index in [9.17, 15) is 19.7 Å². The van der Waals surface area contributed by atoms with Crippen molar-refractivity contribution < 1.29 is 23.6 Å². The molecule has 0 unspecified atom stereocenters. The van der Waals surface area contributed by atoms with Crippen molar-refractivity contribution in [3.8, 4) is 11.5 Å². The minimum atomic E-state index is -0.845. The Hall–Kier alpha value is -3.62. The van der Waals surface area contributed by atoms with E-state index in [0.717, 1.165) is 10.6 Å². The minimum Gasteiger partial charge on any atom is -0.496 e. The molecule has 0 spiro atoms. The summed E-state index contributed by atoms with van der Waals surface area (Å²) in [5.74, 6) is -1.55. The Labute approximate surface area is 140 Å². The second-order valence-electron chi connectivity index (χ2n) is 4.99. The van der Waals surface area contributed by atoms with Gasteiger partial charge in [0.15, 0.2) is 5.58 Å². The SMILES string of the molecule is COc1ccc(OC(=O)Cn2c(=O)oc3ccccc32)c([N+](=O)[O-])c1. The zero-order valence-electron chi connectivity index (χ0n) is 13.0. The van der Waals surface area contributed by atoms with Crippen LogP contribution in [0.3, 0.4) is 0 Å². The van der Waals surface area contributed by atoms with E-state index in [2.05, 4.69) is 0 Å². The second-order valence-corrected chi connectivity index (χ2v) is 4.99. The number of nitro benzene ring substituents is 1. The van der Waals surface area contributed by atoms with Gasteiger partial charge in [-0.25, -0.2) is 9.59 Å². The molecule has 1 aromatic heterocycles. The fraction of sp³-hybridized carbons (Fsp3) is 0.125. The van der Waals surface area contributed by atoms with Gasteiger partial charge in [0, 0.05) is 0 Å². The van der Waals surface area contributed by atoms with Gasteiger partial charge in [0.1, 0.15) is 12.3 Å². The van der Waals surface area contributed by atoms with E-state index in [1.807, 2.05) is 0 Å². The summed E-state index contributed by atoms with van der Waals surface area (Å²) in [5.41, 5.74) is 0.335. The largest absolute Gasteiger partial charge is 0.496 e. The molecule has 0 N–H and O–H groups in total. The molecule has 0 radical (unpaired) electrons. The van der Waals surface area contributed by atoms with E-state index >= 15 is 0 Å². The van der Waals surface area contributed by atoms with E-state index in [4.69, 9.17) is 13.9 Å². The topological polar surface area (TPSA) is 114 Å². The lowest BCUT2D eigenvalue weighted by atomic mass is 10.3. The fourth-order valence-electron chi connectivity index (χ4n) is 2.30. The summed E-state index contributed by atoms with van der Waals surface area (Å²) < 4.78 is 16.1. The van der Waals surface area contributed by atoms with Gasteiger partial charge >= 0.3 is 17.4 Å². The maximum absolute atomic E-state index is 12.1. The van der Waals surface area contributed by atoms with Gasteiger partial charge in [0.25, 0.3) is 0 Å². The van der Waals surface area contributed by atoms with Gasteiger partial charge < -0.3 is 13.9 Å². The monoisotopic (exact) mass is 344 g/mol. The molecule has 0 aliphatic heterocycles. The summed E-state index contributed by atoms with van der Waals surface area (Å²) in [5, 5.41) is 11.1. The number of hydrogen-bond acceptors (Lipinski definition) is 7. The first kappa shape index (κ1) is 16.2. The molecule has 9 nitrogen and oxygen atoms in total. The molecule has 128 valence electrons. The number of carbonyl (C=O) groups is 1. The van der Waals surface area contributed by atoms with E-state index in [1.54, 1.807) is 24.3 Å². The molecule has 0 saturated carbocycles. The van der Waals surface area contributed by atoms with Crippen LogP contribution in [0.25, 0.3) is 11.1 Å². The average Bonchev–Trinajstić information content (AvgIpc) is 2.90. The summed E-state index contributed by atoms with van der Waals surface area (Å²) in [6.07, 6.45) is 0. The number of methoxy groups -OCH3 is 1. The smallest absolute Gasteiger partial charge is 0.420 e. The van der Waals surface area contributed by atoms with Crippen molar-refractivity contribution in [3.63, 3.8) is 0 Å². The Bertz CT molecular complexity index is 1020. The Morgan fingerprint density at radius 1 is 1.28 bits per heavy atom. The molecule has 1 heterocycles. The number of carbonyl (C=O) groups excluding carboxylic acids is 1. The number of para-hydroxylation sites is 2. The number of hydrogen-bond donors (Lipinski definition) is 0. The number of rotatable bonds is 5. The van der Waals surface area contributed by atoms with Gasteiger partial charge in [-0.3, -0.25) is 14.7 Å². The van der Waals surface area contributed by atoms with Gasteiger partial charge in [-0.1, -0.05) is 12.1 Å². The van der Waals surface area contributed by atoms with Crippen molar-refractivity contribution in [2.24, 2.45) is 0 Å². The summed E-state index contributed by atoms with van der Waals surface area (Å²) in [7, 11) is 1.36. The molecule has 0 aliphatic rings. The second kappa shape index (κ2) is 6.48. The molecule has 2 aromatic carbocycles. The normalized spacial score (nSPS) is 10.6. The fourth-order valence-corrected chi connectivity index (χ4v) is 2.30. The number of esters is 1.